The van der Waals surface area contributed by atoms with Gasteiger partial charge in [-0.25, -0.2) is 0 Å². The van der Waals surface area contributed by atoms with E-state index in [1.165, 1.54) is 12.3 Å². The maximum atomic E-state index is 7.04. The Morgan fingerprint density at radius 2 is 2.56 bits per heavy atom. The van der Waals surface area contributed by atoms with E-state index in [4.69, 9.17) is 5.41 Å². The van der Waals surface area contributed by atoms with E-state index in [9.17, 15) is 0 Å². The van der Waals surface area contributed by atoms with Crippen molar-refractivity contribution in [3.63, 3.8) is 0 Å². The highest BCUT2D eigenvalue weighted by Crippen LogP contribution is 1.67. The smallest absolute Gasteiger partial charge is 0.0817 e. The van der Waals surface area contributed by atoms with Gasteiger partial charge in [0.25, 0.3) is 0 Å². The minimum atomic E-state index is 0.277. The van der Waals surface area contributed by atoms with Gasteiger partial charge in [0.2, 0.25) is 0 Å². The Kier molecular flexibility index (Phi) is 4.09. The van der Waals surface area contributed by atoms with Gasteiger partial charge in [-0.1, -0.05) is 6.58 Å². The van der Waals surface area contributed by atoms with Gasteiger partial charge in [-0.15, -0.1) is 5.73 Å². The molecule has 0 spiro atoms. The van der Waals surface area contributed by atoms with E-state index in [1.807, 2.05) is 0 Å². The molecular formula is C6H9N3. The van der Waals surface area contributed by atoms with E-state index in [0.29, 0.717) is 0 Å². The SMILES string of the molecule is C=C=CC(=N)C=NNC. The molecule has 3 nitrogen and oxygen atoms in total. The Morgan fingerprint density at radius 1 is 1.89 bits per heavy atom. The molecule has 0 aromatic rings. The number of rotatable bonds is 3. The number of hydrogen-bond acceptors (Lipinski definition) is 3. The summed E-state index contributed by atoms with van der Waals surface area (Å²) in [4.78, 5) is 0. The van der Waals surface area contributed by atoms with Crippen molar-refractivity contribution in [2.24, 2.45) is 5.10 Å². The first-order chi connectivity index (χ1) is 4.31. The summed E-state index contributed by atoms with van der Waals surface area (Å²) < 4.78 is 0. The zero-order valence-electron chi connectivity index (χ0n) is 5.31. The van der Waals surface area contributed by atoms with Crippen LogP contribution >= 0.6 is 0 Å². The molecule has 0 aromatic heterocycles. The molecule has 2 N–H and O–H groups in total. The first-order valence-electron chi connectivity index (χ1n) is 2.45. The fourth-order valence-corrected chi connectivity index (χ4v) is 0.281. The summed E-state index contributed by atoms with van der Waals surface area (Å²) in [7, 11) is 1.67. The number of hydrogen-bond donors (Lipinski definition) is 2. The number of nitrogens with one attached hydrogen (secondary N) is 2. The summed E-state index contributed by atoms with van der Waals surface area (Å²) in [5, 5.41) is 10.6. The van der Waals surface area contributed by atoms with Crippen molar-refractivity contribution < 1.29 is 0 Å². The largest absolute Gasteiger partial charge is 0.313 e. The molecule has 0 aromatic carbocycles. The minimum absolute atomic E-state index is 0.277. The molecule has 0 saturated heterocycles. The molecule has 3 heteroatoms. The van der Waals surface area contributed by atoms with Gasteiger partial charge in [-0.3, -0.25) is 5.41 Å². The highest BCUT2D eigenvalue weighted by atomic mass is 15.3. The zero-order chi connectivity index (χ0) is 7.11. The summed E-state index contributed by atoms with van der Waals surface area (Å²) in [6, 6.07) is 0. The number of allylic oxidation sites excluding steroid dienone is 1. The number of nitrogens with zero attached hydrogens (tertiary/aromatic N) is 1. The maximum Gasteiger partial charge on any atom is 0.0817 e. The van der Waals surface area contributed by atoms with Crippen LogP contribution < -0.4 is 5.43 Å². The molecule has 0 radical (unpaired) electrons. The van der Waals surface area contributed by atoms with E-state index < -0.39 is 0 Å². The Balaban J connectivity index is 3.77. The summed E-state index contributed by atoms with van der Waals surface area (Å²) in [6.07, 6.45) is 2.80. The summed E-state index contributed by atoms with van der Waals surface area (Å²) in [5.41, 5.74) is 5.25. The van der Waals surface area contributed by atoms with Crippen LogP contribution in [0, 0.1) is 5.41 Å². The lowest BCUT2D eigenvalue weighted by molar-refractivity contribution is 0.910. The van der Waals surface area contributed by atoms with Gasteiger partial charge in [0.15, 0.2) is 0 Å². The highest BCUT2D eigenvalue weighted by Gasteiger charge is 1.77. The van der Waals surface area contributed by atoms with Crippen LogP contribution in [0.25, 0.3) is 0 Å². The van der Waals surface area contributed by atoms with E-state index in [1.54, 1.807) is 7.05 Å². The van der Waals surface area contributed by atoms with Gasteiger partial charge in [-0.2, -0.15) is 5.10 Å². The molecule has 0 fully saturated rings. The lowest BCUT2D eigenvalue weighted by atomic mass is 10.4. The van der Waals surface area contributed by atoms with E-state index >= 15 is 0 Å². The van der Waals surface area contributed by atoms with Crippen LogP contribution in [-0.4, -0.2) is 19.0 Å². The zero-order valence-corrected chi connectivity index (χ0v) is 5.31. The third kappa shape index (κ3) is 4.51. The van der Waals surface area contributed by atoms with Gasteiger partial charge in [0, 0.05) is 13.1 Å². The fourth-order valence-electron chi connectivity index (χ4n) is 0.281. The van der Waals surface area contributed by atoms with Crippen molar-refractivity contribution in [3.8, 4) is 0 Å². The van der Waals surface area contributed by atoms with Gasteiger partial charge in [0.05, 0.1) is 11.9 Å². The van der Waals surface area contributed by atoms with Crippen molar-refractivity contribution in [2.45, 2.75) is 0 Å². The van der Waals surface area contributed by atoms with E-state index in [2.05, 4.69) is 22.8 Å². The van der Waals surface area contributed by atoms with Gasteiger partial charge >= 0.3 is 0 Å². The highest BCUT2D eigenvalue weighted by molar-refractivity contribution is 6.34. The van der Waals surface area contributed by atoms with Crippen molar-refractivity contribution in [2.75, 3.05) is 7.05 Å². The Labute approximate surface area is 54.3 Å². The molecular weight excluding hydrogens is 114 g/mol. The molecule has 0 rings (SSSR count). The first-order valence-corrected chi connectivity index (χ1v) is 2.45. The van der Waals surface area contributed by atoms with Crippen LogP contribution in [0.2, 0.25) is 0 Å². The lowest BCUT2D eigenvalue weighted by Gasteiger charge is -1.83. The Hall–Kier alpha value is -1.34. The fraction of sp³-hybridized carbons (Fsp3) is 0.167. The van der Waals surface area contributed by atoms with Crippen LogP contribution in [0.15, 0.2) is 23.5 Å². The standard InChI is InChI=1S/C6H9N3/c1-3-4-6(7)5-9-8-2/h4-5,7-8H,1H2,2H3. The second-order valence-electron chi connectivity index (χ2n) is 1.29. The molecule has 0 unspecified atom stereocenters. The van der Waals surface area contributed by atoms with Gasteiger partial charge in [-0.05, 0) is 0 Å². The van der Waals surface area contributed by atoms with Crippen molar-refractivity contribution >= 4 is 11.9 Å². The van der Waals surface area contributed by atoms with Crippen molar-refractivity contribution in [1.82, 2.24) is 5.43 Å². The van der Waals surface area contributed by atoms with Crippen LogP contribution in [0.4, 0.5) is 0 Å². The average Bonchev–Trinajstić information content (AvgIpc) is 1.85. The van der Waals surface area contributed by atoms with Gasteiger partial charge in [0.1, 0.15) is 0 Å². The molecule has 0 heterocycles. The lowest BCUT2D eigenvalue weighted by Crippen LogP contribution is -1.99. The molecule has 0 aliphatic carbocycles. The third-order valence-electron chi connectivity index (χ3n) is 0.590. The van der Waals surface area contributed by atoms with Crippen LogP contribution in [0.5, 0.6) is 0 Å². The van der Waals surface area contributed by atoms with Crippen molar-refractivity contribution in [3.05, 3.63) is 18.4 Å². The quantitative estimate of drug-likeness (QED) is 0.321. The first kappa shape index (κ1) is 7.66. The normalized spacial score (nSPS) is 8.56. The molecule has 9 heavy (non-hydrogen) atoms. The molecule has 48 valence electrons. The van der Waals surface area contributed by atoms with Crippen LogP contribution in [0.1, 0.15) is 0 Å². The molecule has 0 aliphatic heterocycles. The molecule has 0 aliphatic rings. The molecule has 0 amide bonds. The van der Waals surface area contributed by atoms with E-state index in [0.717, 1.165) is 0 Å². The van der Waals surface area contributed by atoms with Crippen molar-refractivity contribution in [1.29, 1.82) is 5.41 Å². The van der Waals surface area contributed by atoms with Crippen LogP contribution in [0.3, 0.4) is 0 Å². The molecule has 0 bridgehead atoms. The third-order valence-corrected chi connectivity index (χ3v) is 0.590. The molecule has 0 saturated carbocycles. The maximum absolute atomic E-state index is 7.04. The summed E-state index contributed by atoms with van der Waals surface area (Å²) >= 11 is 0. The summed E-state index contributed by atoms with van der Waals surface area (Å²) in [5.74, 6) is 0. The Morgan fingerprint density at radius 3 is 3.00 bits per heavy atom. The van der Waals surface area contributed by atoms with Crippen LogP contribution in [-0.2, 0) is 0 Å². The second-order valence-corrected chi connectivity index (χ2v) is 1.29. The predicted molar refractivity (Wildman–Crippen MR) is 39.0 cm³/mol. The summed E-state index contributed by atoms with van der Waals surface area (Å²) in [6.45, 7) is 3.31. The minimum Gasteiger partial charge on any atom is -0.313 e. The molecule has 0 atom stereocenters. The predicted octanol–water partition coefficient (Wildman–Crippen LogP) is 0.552. The average molecular weight is 123 g/mol. The van der Waals surface area contributed by atoms with Gasteiger partial charge < -0.3 is 5.43 Å². The Bertz CT molecular complexity index is 163. The second kappa shape index (κ2) is 4.81. The van der Waals surface area contributed by atoms with E-state index in [-0.39, 0.29) is 5.71 Å². The topological polar surface area (TPSA) is 48.2 Å². The number of hydrazone groups is 1. The monoisotopic (exact) mass is 123 g/mol.